The van der Waals surface area contributed by atoms with Crippen LogP contribution in [0, 0.1) is 0 Å². The Morgan fingerprint density at radius 1 is 1.00 bits per heavy atom. The van der Waals surface area contributed by atoms with Crippen molar-refractivity contribution in [3.8, 4) is 11.5 Å². The standard InChI is InChI=1S/C18H9Cl2F2N7O4/c19-6-1-2-7(8(20)3-6)14(30)26-17-25-13(28-29-17)15(31)27-16-23-9-4-11-12(5-10(9)24-16)33-18(21,22)32-11/h1-5H,(H2,23,24,27,31)(H2,25,26,28,29,30). The first-order chi connectivity index (χ1) is 15.7. The maximum Gasteiger partial charge on any atom is 0.586 e. The molecule has 168 valence electrons. The molecule has 5 rings (SSSR count). The first-order valence-electron chi connectivity index (χ1n) is 8.97. The third-order valence-electron chi connectivity index (χ3n) is 4.34. The minimum absolute atomic E-state index is 0.000338. The zero-order valence-corrected chi connectivity index (χ0v) is 17.4. The van der Waals surface area contributed by atoms with Crippen LogP contribution < -0.4 is 20.1 Å². The molecule has 0 spiro atoms. The molecule has 4 N–H and O–H groups in total. The molecule has 3 heterocycles. The van der Waals surface area contributed by atoms with Crippen LogP contribution in [0.25, 0.3) is 11.0 Å². The number of rotatable bonds is 4. The summed E-state index contributed by atoms with van der Waals surface area (Å²) in [7, 11) is 0. The van der Waals surface area contributed by atoms with Gasteiger partial charge in [-0.2, -0.15) is 4.98 Å². The van der Waals surface area contributed by atoms with E-state index in [1.807, 2.05) is 0 Å². The highest BCUT2D eigenvalue weighted by Crippen LogP contribution is 2.42. The van der Waals surface area contributed by atoms with Crippen molar-refractivity contribution < 1.29 is 27.8 Å². The summed E-state index contributed by atoms with van der Waals surface area (Å²) in [5.74, 6) is -2.12. The molecule has 0 fully saturated rings. The summed E-state index contributed by atoms with van der Waals surface area (Å²) in [5, 5.41) is 11.5. The molecular weight excluding hydrogens is 487 g/mol. The fraction of sp³-hybridized carbons (Fsp3) is 0.0556. The molecule has 0 radical (unpaired) electrons. The number of carbonyl (C=O) groups excluding carboxylic acids is 2. The second-order valence-corrected chi connectivity index (χ2v) is 7.45. The lowest BCUT2D eigenvalue weighted by atomic mass is 10.2. The Hall–Kier alpha value is -3.97. The number of hydrogen-bond donors (Lipinski definition) is 4. The quantitative estimate of drug-likeness (QED) is 0.336. The smallest absolute Gasteiger partial charge is 0.395 e. The second kappa shape index (κ2) is 7.56. The van der Waals surface area contributed by atoms with Gasteiger partial charge in [-0.1, -0.05) is 23.2 Å². The number of benzene rings is 2. The van der Waals surface area contributed by atoms with Gasteiger partial charge in [0.25, 0.3) is 11.8 Å². The molecule has 0 saturated carbocycles. The number of nitrogens with one attached hydrogen (secondary N) is 4. The molecule has 33 heavy (non-hydrogen) atoms. The topological polar surface area (TPSA) is 147 Å². The van der Waals surface area contributed by atoms with E-state index in [0.29, 0.717) is 10.5 Å². The number of aromatic nitrogens is 5. The highest BCUT2D eigenvalue weighted by Gasteiger charge is 2.43. The first kappa shape index (κ1) is 20.9. The predicted molar refractivity (Wildman–Crippen MR) is 111 cm³/mol. The van der Waals surface area contributed by atoms with Crippen LogP contribution in [0.5, 0.6) is 11.5 Å². The normalized spacial score (nSPS) is 13.8. The number of carbonyl (C=O) groups is 2. The summed E-state index contributed by atoms with van der Waals surface area (Å²) in [5.41, 5.74) is 0.697. The van der Waals surface area contributed by atoms with Crippen LogP contribution in [0.4, 0.5) is 20.7 Å². The maximum absolute atomic E-state index is 13.2. The van der Waals surface area contributed by atoms with Crippen LogP contribution in [0.15, 0.2) is 30.3 Å². The van der Waals surface area contributed by atoms with Gasteiger partial charge in [-0.15, -0.1) is 13.9 Å². The van der Waals surface area contributed by atoms with Crippen molar-refractivity contribution in [1.82, 2.24) is 25.1 Å². The maximum atomic E-state index is 13.2. The van der Waals surface area contributed by atoms with Crippen molar-refractivity contribution in [3.63, 3.8) is 0 Å². The number of imidazole rings is 1. The van der Waals surface area contributed by atoms with Crippen LogP contribution in [-0.2, 0) is 0 Å². The Balaban J connectivity index is 1.28. The summed E-state index contributed by atoms with van der Waals surface area (Å²) in [6.45, 7) is 0. The predicted octanol–water partition coefficient (Wildman–Crippen LogP) is 3.81. The Bertz CT molecular complexity index is 1390. The zero-order chi connectivity index (χ0) is 23.3. The Labute approximate surface area is 191 Å². The summed E-state index contributed by atoms with van der Waals surface area (Å²) < 4.78 is 35.1. The largest absolute Gasteiger partial charge is 0.586 e. The third kappa shape index (κ3) is 4.10. The number of halogens is 4. The van der Waals surface area contributed by atoms with Crippen LogP contribution in [-0.4, -0.2) is 43.3 Å². The number of alkyl halides is 2. The van der Waals surface area contributed by atoms with E-state index in [1.54, 1.807) is 0 Å². The van der Waals surface area contributed by atoms with Crippen molar-refractivity contribution in [3.05, 3.63) is 51.8 Å². The molecule has 0 saturated heterocycles. The van der Waals surface area contributed by atoms with E-state index in [-0.39, 0.29) is 45.3 Å². The van der Waals surface area contributed by atoms with Gasteiger partial charge in [0.15, 0.2) is 11.5 Å². The van der Waals surface area contributed by atoms with Gasteiger partial charge in [0.05, 0.1) is 21.6 Å². The molecule has 2 aromatic heterocycles. The van der Waals surface area contributed by atoms with Gasteiger partial charge in [-0.25, -0.2) is 4.98 Å². The average molecular weight is 496 g/mol. The van der Waals surface area contributed by atoms with E-state index in [1.165, 1.54) is 30.3 Å². The summed E-state index contributed by atoms with van der Waals surface area (Å²) in [4.78, 5) is 35.5. The number of ether oxygens (including phenoxy) is 2. The third-order valence-corrected chi connectivity index (χ3v) is 4.89. The fourth-order valence-electron chi connectivity index (χ4n) is 2.94. The van der Waals surface area contributed by atoms with Gasteiger partial charge in [0.2, 0.25) is 17.7 Å². The van der Waals surface area contributed by atoms with E-state index in [2.05, 4.69) is 45.3 Å². The van der Waals surface area contributed by atoms with Crippen molar-refractivity contribution in [2.24, 2.45) is 0 Å². The Kier molecular flexibility index (Phi) is 4.79. The minimum atomic E-state index is -3.75. The van der Waals surface area contributed by atoms with Gasteiger partial charge >= 0.3 is 6.29 Å². The molecule has 15 heteroatoms. The number of aromatic amines is 2. The van der Waals surface area contributed by atoms with E-state index in [0.717, 1.165) is 0 Å². The summed E-state index contributed by atoms with van der Waals surface area (Å²) >= 11 is 11.8. The number of amides is 2. The van der Waals surface area contributed by atoms with E-state index >= 15 is 0 Å². The van der Waals surface area contributed by atoms with Crippen molar-refractivity contribution in [2.45, 2.75) is 6.29 Å². The number of hydrogen-bond acceptors (Lipinski definition) is 7. The van der Waals surface area contributed by atoms with E-state index in [4.69, 9.17) is 23.2 Å². The molecule has 1 aliphatic rings. The van der Waals surface area contributed by atoms with Crippen LogP contribution >= 0.6 is 23.2 Å². The number of anilines is 2. The molecule has 4 aromatic rings. The van der Waals surface area contributed by atoms with Gasteiger partial charge in [-0.3, -0.25) is 25.3 Å². The molecule has 0 unspecified atom stereocenters. The Morgan fingerprint density at radius 2 is 1.76 bits per heavy atom. The lowest BCUT2D eigenvalue weighted by Crippen LogP contribution is -2.25. The second-order valence-electron chi connectivity index (χ2n) is 6.61. The van der Waals surface area contributed by atoms with Crippen molar-refractivity contribution in [2.75, 3.05) is 10.6 Å². The van der Waals surface area contributed by atoms with Crippen molar-refractivity contribution in [1.29, 1.82) is 0 Å². The molecule has 0 aliphatic carbocycles. The van der Waals surface area contributed by atoms with Gasteiger partial charge in [0.1, 0.15) is 0 Å². The van der Waals surface area contributed by atoms with Crippen LogP contribution in [0.2, 0.25) is 10.0 Å². The number of nitrogens with zero attached hydrogens (tertiary/aromatic N) is 3. The Morgan fingerprint density at radius 3 is 2.52 bits per heavy atom. The lowest BCUT2D eigenvalue weighted by molar-refractivity contribution is -0.286. The van der Waals surface area contributed by atoms with Crippen molar-refractivity contribution >= 4 is 57.9 Å². The molecule has 0 bridgehead atoms. The molecular formula is C18H9Cl2F2N7O4. The molecule has 1 aliphatic heterocycles. The van der Waals surface area contributed by atoms with Crippen LogP contribution in [0.3, 0.4) is 0 Å². The van der Waals surface area contributed by atoms with E-state index < -0.39 is 18.1 Å². The fourth-order valence-corrected chi connectivity index (χ4v) is 3.44. The summed E-state index contributed by atoms with van der Waals surface area (Å²) in [6.07, 6.45) is -3.75. The molecule has 2 amide bonds. The van der Waals surface area contributed by atoms with Gasteiger partial charge in [-0.05, 0) is 18.2 Å². The summed E-state index contributed by atoms with van der Waals surface area (Å²) in [6, 6.07) is 6.82. The van der Waals surface area contributed by atoms with Crippen LogP contribution in [0.1, 0.15) is 21.0 Å². The molecule has 11 nitrogen and oxygen atoms in total. The van der Waals surface area contributed by atoms with Gasteiger partial charge < -0.3 is 14.5 Å². The average Bonchev–Trinajstić information content (AvgIpc) is 3.40. The molecule has 0 atom stereocenters. The monoisotopic (exact) mass is 495 g/mol. The van der Waals surface area contributed by atoms with Gasteiger partial charge in [0, 0.05) is 17.2 Å². The SMILES string of the molecule is O=C(Nc1nc2cc3c(cc2[nH]1)OC(F)(F)O3)c1nc(NC(=O)c2ccc(Cl)cc2Cl)n[nH]1. The molecule has 2 aromatic carbocycles. The highest BCUT2D eigenvalue weighted by atomic mass is 35.5. The minimum Gasteiger partial charge on any atom is -0.395 e. The number of fused-ring (bicyclic) bond motifs is 2. The zero-order valence-electron chi connectivity index (χ0n) is 15.9. The lowest BCUT2D eigenvalue weighted by Gasteiger charge is -2.04. The van der Waals surface area contributed by atoms with E-state index in [9.17, 15) is 18.4 Å². The first-order valence-corrected chi connectivity index (χ1v) is 9.72. The highest BCUT2D eigenvalue weighted by molar-refractivity contribution is 6.37. The number of H-pyrrole nitrogens is 2.